The summed E-state index contributed by atoms with van der Waals surface area (Å²) in [7, 11) is 0. The molecule has 2 N–H and O–H groups in total. The van der Waals surface area contributed by atoms with E-state index in [0.717, 1.165) is 12.2 Å². The summed E-state index contributed by atoms with van der Waals surface area (Å²) in [4.78, 5) is 15.4. The zero-order valence-electron chi connectivity index (χ0n) is 9.61. The van der Waals surface area contributed by atoms with Gasteiger partial charge in [0.25, 0.3) is 0 Å². The highest BCUT2D eigenvalue weighted by Gasteiger charge is 2.15. The fourth-order valence-electron chi connectivity index (χ4n) is 1.29. The molecule has 0 aliphatic carbocycles. The number of nitrogens with one attached hydrogen (secondary N) is 1. The van der Waals surface area contributed by atoms with E-state index in [9.17, 15) is 4.79 Å². The first-order valence-electron chi connectivity index (χ1n) is 5.04. The number of carboxylic acid groups (broad SMARTS) is 1. The van der Waals surface area contributed by atoms with Crippen molar-refractivity contribution in [1.29, 1.82) is 0 Å². The Labute approximate surface area is 103 Å². The van der Waals surface area contributed by atoms with Crippen LogP contribution in [0.4, 0.5) is 5.13 Å². The zero-order chi connectivity index (χ0) is 12.1. The highest BCUT2D eigenvalue weighted by Crippen LogP contribution is 2.23. The number of anilines is 1. The number of aromatic carboxylic acids is 1. The van der Waals surface area contributed by atoms with Crippen molar-refractivity contribution < 1.29 is 9.90 Å². The lowest BCUT2D eigenvalue weighted by atomic mass is 10.3. The highest BCUT2D eigenvalue weighted by atomic mass is 32.2. The van der Waals surface area contributed by atoms with Crippen molar-refractivity contribution in [1.82, 2.24) is 4.98 Å². The van der Waals surface area contributed by atoms with Crippen molar-refractivity contribution in [2.75, 3.05) is 17.3 Å². The van der Waals surface area contributed by atoms with Crippen LogP contribution in [0.15, 0.2) is 0 Å². The van der Waals surface area contributed by atoms with Gasteiger partial charge in [0, 0.05) is 11.8 Å². The zero-order valence-corrected chi connectivity index (χ0v) is 11.2. The minimum absolute atomic E-state index is 0.321. The molecule has 4 nitrogen and oxygen atoms in total. The smallest absolute Gasteiger partial charge is 0.347 e. The maximum atomic E-state index is 10.9. The molecule has 0 radical (unpaired) electrons. The molecule has 1 atom stereocenters. The molecule has 0 aliphatic heterocycles. The molecule has 1 rings (SSSR count). The third-order valence-corrected chi connectivity index (χ3v) is 3.99. The predicted octanol–water partition coefficient (Wildman–Crippen LogP) is 2.70. The van der Waals surface area contributed by atoms with Crippen LogP contribution in [-0.4, -0.2) is 34.1 Å². The fourth-order valence-corrected chi connectivity index (χ4v) is 2.90. The van der Waals surface area contributed by atoms with E-state index >= 15 is 0 Å². The van der Waals surface area contributed by atoms with Crippen molar-refractivity contribution in [2.45, 2.75) is 26.3 Å². The average molecular weight is 260 g/mol. The number of aryl methyl sites for hydroxylation is 1. The first kappa shape index (κ1) is 13.3. The Kier molecular flexibility index (Phi) is 5.08. The third-order valence-electron chi connectivity index (χ3n) is 2.18. The molecule has 16 heavy (non-hydrogen) atoms. The Morgan fingerprint density at radius 1 is 1.69 bits per heavy atom. The molecule has 1 aromatic heterocycles. The van der Waals surface area contributed by atoms with Crippen LogP contribution in [0.1, 0.15) is 28.7 Å². The Morgan fingerprint density at radius 2 is 2.38 bits per heavy atom. The van der Waals surface area contributed by atoms with E-state index in [2.05, 4.69) is 23.5 Å². The number of carboxylic acids is 1. The second-order valence-corrected chi connectivity index (χ2v) is 5.35. The molecule has 0 fully saturated rings. The van der Waals surface area contributed by atoms with Gasteiger partial charge in [-0.2, -0.15) is 11.8 Å². The van der Waals surface area contributed by atoms with Crippen LogP contribution >= 0.6 is 23.1 Å². The molecular weight excluding hydrogens is 244 g/mol. The Balaban J connectivity index is 2.73. The van der Waals surface area contributed by atoms with Crippen LogP contribution in [0, 0.1) is 6.92 Å². The number of aromatic nitrogens is 1. The first-order chi connectivity index (χ1) is 7.58. The van der Waals surface area contributed by atoms with Gasteiger partial charge < -0.3 is 10.4 Å². The topological polar surface area (TPSA) is 62.2 Å². The van der Waals surface area contributed by atoms with Gasteiger partial charge in [0.05, 0.1) is 5.69 Å². The minimum Gasteiger partial charge on any atom is -0.477 e. The van der Waals surface area contributed by atoms with Crippen molar-refractivity contribution in [2.24, 2.45) is 0 Å². The van der Waals surface area contributed by atoms with Gasteiger partial charge in [0.15, 0.2) is 5.13 Å². The van der Waals surface area contributed by atoms with Gasteiger partial charge in [0.2, 0.25) is 0 Å². The molecule has 0 saturated carbocycles. The van der Waals surface area contributed by atoms with E-state index in [1.807, 2.05) is 0 Å². The molecule has 0 amide bonds. The van der Waals surface area contributed by atoms with Gasteiger partial charge in [-0.15, -0.1) is 0 Å². The van der Waals surface area contributed by atoms with Gasteiger partial charge in [-0.3, -0.25) is 0 Å². The number of hydrogen-bond acceptors (Lipinski definition) is 5. The quantitative estimate of drug-likeness (QED) is 0.823. The lowest BCUT2D eigenvalue weighted by molar-refractivity contribution is 0.0701. The van der Waals surface area contributed by atoms with Crippen molar-refractivity contribution in [3.05, 3.63) is 10.6 Å². The number of rotatable bonds is 6. The molecule has 1 unspecified atom stereocenters. The summed E-state index contributed by atoms with van der Waals surface area (Å²) in [5, 5.41) is 12.9. The normalized spacial score (nSPS) is 12.4. The van der Waals surface area contributed by atoms with Crippen LogP contribution in [0.5, 0.6) is 0 Å². The van der Waals surface area contributed by atoms with Gasteiger partial charge >= 0.3 is 5.97 Å². The minimum atomic E-state index is -0.902. The second-order valence-electron chi connectivity index (χ2n) is 3.44. The Bertz CT molecular complexity index is 366. The van der Waals surface area contributed by atoms with Crippen LogP contribution < -0.4 is 5.32 Å². The van der Waals surface area contributed by atoms with Crippen LogP contribution in [0.2, 0.25) is 0 Å². The third kappa shape index (κ3) is 3.38. The van der Waals surface area contributed by atoms with Crippen molar-refractivity contribution in [3.63, 3.8) is 0 Å². The summed E-state index contributed by atoms with van der Waals surface area (Å²) in [6, 6.07) is 0.349. The molecule has 0 bridgehead atoms. The molecule has 1 aromatic rings. The summed E-state index contributed by atoms with van der Waals surface area (Å²) in [6.45, 7) is 3.83. The van der Waals surface area contributed by atoms with Gasteiger partial charge in [0.1, 0.15) is 4.88 Å². The van der Waals surface area contributed by atoms with Crippen molar-refractivity contribution in [3.8, 4) is 0 Å². The van der Waals surface area contributed by atoms with Gasteiger partial charge in [-0.05, 0) is 19.6 Å². The monoisotopic (exact) mass is 260 g/mol. The maximum absolute atomic E-state index is 10.9. The van der Waals surface area contributed by atoms with E-state index in [1.165, 1.54) is 11.3 Å². The number of nitrogens with zero attached hydrogens (tertiary/aromatic N) is 1. The molecular formula is C10H16N2O2S2. The SMILES string of the molecule is CCC(CSC)Nc1nc(C)c(C(=O)O)s1. The average Bonchev–Trinajstić information content (AvgIpc) is 2.59. The molecule has 0 saturated heterocycles. The molecule has 0 spiro atoms. The standard InChI is InChI=1S/C10H16N2O2S2/c1-4-7(5-15-3)12-10-11-6(2)8(16-10)9(13)14/h7H,4-5H2,1-3H3,(H,11,12)(H,13,14). The molecule has 6 heteroatoms. The largest absolute Gasteiger partial charge is 0.477 e. The van der Waals surface area contributed by atoms with E-state index in [0.29, 0.717) is 21.7 Å². The summed E-state index contributed by atoms with van der Waals surface area (Å²) in [5.41, 5.74) is 0.582. The van der Waals surface area contributed by atoms with Crippen LogP contribution in [0.25, 0.3) is 0 Å². The Morgan fingerprint density at radius 3 is 2.81 bits per heavy atom. The lowest BCUT2D eigenvalue weighted by Gasteiger charge is -2.14. The predicted molar refractivity (Wildman–Crippen MR) is 69.9 cm³/mol. The number of thiazole rings is 1. The fraction of sp³-hybridized carbons (Fsp3) is 0.600. The second kappa shape index (κ2) is 6.10. The van der Waals surface area contributed by atoms with E-state index < -0.39 is 5.97 Å². The van der Waals surface area contributed by atoms with Crippen molar-refractivity contribution >= 4 is 34.2 Å². The number of carbonyl (C=O) groups is 1. The summed E-state index contributed by atoms with van der Waals surface area (Å²) >= 11 is 2.98. The molecule has 0 aliphatic rings. The van der Waals surface area contributed by atoms with Crippen LogP contribution in [-0.2, 0) is 0 Å². The number of hydrogen-bond donors (Lipinski definition) is 2. The first-order valence-corrected chi connectivity index (χ1v) is 7.25. The lowest BCUT2D eigenvalue weighted by Crippen LogP contribution is -2.20. The van der Waals surface area contributed by atoms with Crippen LogP contribution in [0.3, 0.4) is 0 Å². The molecule has 1 heterocycles. The highest BCUT2D eigenvalue weighted by molar-refractivity contribution is 7.98. The van der Waals surface area contributed by atoms with E-state index in [4.69, 9.17) is 5.11 Å². The summed E-state index contributed by atoms with van der Waals surface area (Å²) < 4.78 is 0. The summed E-state index contributed by atoms with van der Waals surface area (Å²) in [5.74, 6) is 0.0957. The maximum Gasteiger partial charge on any atom is 0.347 e. The molecule has 0 aromatic carbocycles. The summed E-state index contributed by atoms with van der Waals surface area (Å²) in [6.07, 6.45) is 3.06. The van der Waals surface area contributed by atoms with Gasteiger partial charge in [-0.25, -0.2) is 9.78 Å². The van der Waals surface area contributed by atoms with Gasteiger partial charge in [-0.1, -0.05) is 18.3 Å². The van der Waals surface area contributed by atoms with E-state index in [1.54, 1.807) is 18.7 Å². The van der Waals surface area contributed by atoms with E-state index in [-0.39, 0.29) is 0 Å². The number of thioether (sulfide) groups is 1. The molecule has 90 valence electrons. The Hall–Kier alpha value is -0.750.